The lowest BCUT2D eigenvalue weighted by molar-refractivity contribution is -0.145. The molecule has 0 aromatic carbocycles. The van der Waals surface area contributed by atoms with E-state index in [0.29, 0.717) is 25.4 Å². The van der Waals surface area contributed by atoms with E-state index in [4.69, 9.17) is 4.74 Å². The smallest absolute Gasteiger partial charge is 0.305 e. The van der Waals surface area contributed by atoms with Crippen molar-refractivity contribution >= 4 is 5.97 Å². The van der Waals surface area contributed by atoms with Crippen molar-refractivity contribution in [1.29, 1.82) is 0 Å². The summed E-state index contributed by atoms with van der Waals surface area (Å²) in [6.45, 7) is 2.25. The topological polar surface area (TPSA) is 46.5 Å². The number of ether oxygens (including phenoxy) is 1. The Labute approximate surface area is 104 Å². The van der Waals surface area contributed by atoms with Crippen molar-refractivity contribution in [3.63, 3.8) is 0 Å². The van der Waals surface area contributed by atoms with E-state index in [1.54, 1.807) is 0 Å². The molecule has 0 bridgehead atoms. The summed E-state index contributed by atoms with van der Waals surface area (Å²) in [5, 5.41) is 10.5. The molecule has 0 aromatic rings. The van der Waals surface area contributed by atoms with Crippen LogP contribution >= 0.6 is 0 Å². The van der Waals surface area contributed by atoms with Crippen molar-refractivity contribution < 1.29 is 14.6 Å². The molecule has 0 heterocycles. The normalized spacial score (nSPS) is 33.4. The van der Waals surface area contributed by atoms with Gasteiger partial charge >= 0.3 is 5.97 Å². The minimum Gasteiger partial charge on any atom is -0.466 e. The zero-order valence-corrected chi connectivity index (χ0v) is 10.8. The van der Waals surface area contributed by atoms with Crippen LogP contribution in [0.2, 0.25) is 0 Å². The molecule has 0 amide bonds. The quantitative estimate of drug-likeness (QED) is 0.751. The molecule has 2 unspecified atom stereocenters. The minimum atomic E-state index is -0.599. The van der Waals surface area contributed by atoms with Gasteiger partial charge in [0, 0.05) is 6.42 Å². The number of rotatable bonds is 5. The van der Waals surface area contributed by atoms with Crippen LogP contribution < -0.4 is 0 Å². The van der Waals surface area contributed by atoms with Crippen molar-refractivity contribution in [2.24, 2.45) is 11.8 Å². The van der Waals surface area contributed by atoms with Crippen LogP contribution in [0, 0.1) is 11.8 Å². The molecule has 3 heteroatoms. The zero-order valence-electron chi connectivity index (χ0n) is 10.8. The van der Waals surface area contributed by atoms with E-state index in [9.17, 15) is 9.90 Å². The highest BCUT2D eigenvalue weighted by atomic mass is 16.5. The summed E-state index contributed by atoms with van der Waals surface area (Å²) in [5.74, 6) is 1.40. The van der Waals surface area contributed by atoms with Gasteiger partial charge in [-0.15, -0.1) is 0 Å². The van der Waals surface area contributed by atoms with Crippen molar-refractivity contribution in [2.45, 2.75) is 63.9 Å². The SMILES string of the molecule is CCOC(=O)CCC1(O)CCCC(C2CC2)C1. The lowest BCUT2D eigenvalue weighted by atomic mass is 9.74. The van der Waals surface area contributed by atoms with Gasteiger partial charge in [0.15, 0.2) is 0 Å². The van der Waals surface area contributed by atoms with E-state index in [-0.39, 0.29) is 5.97 Å². The summed E-state index contributed by atoms with van der Waals surface area (Å²) in [6, 6.07) is 0. The molecule has 2 fully saturated rings. The Morgan fingerprint density at radius 2 is 2.12 bits per heavy atom. The first-order valence-electron chi connectivity index (χ1n) is 7.01. The van der Waals surface area contributed by atoms with E-state index in [0.717, 1.165) is 25.2 Å². The first kappa shape index (κ1) is 12.9. The van der Waals surface area contributed by atoms with Crippen molar-refractivity contribution in [3.8, 4) is 0 Å². The molecule has 0 radical (unpaired) electrons. The molecule has 2 aliphatic rings. The van der Waals surface area contributed by atoms with Gasteiger partial charge in [-0.25, -0.2) is 0 Å². The van der Waals surface area contributed by atoms with Gasteiger partial charge in [-0.05, 0) is 57.3 Å². The van der Waals surface area contributed by atoms with Gasteiger partial charge in [0.05, 0.1) is 12.2 Å². The standard InChI is InChI=1S/C14H24O3/c1-2-17-13(15)7-9-14(16)8-3-4-12(10-14)11-5-6-11/h11-12,16H,2-10H2,1H3. The van der Waals surface area contributed by atoms with Gasteiger partial charge in [-0.2, -0.15) is 0 Å². The zero-order chi connectivity index (χ0) is 12.3. The lowest BCUT2D eigenvalue weighted by Gasteiger charge is -2.37. The summed E-state index contributed by atoms with van der Waals surface area (Å²) in [6.07, 6.45) is 7.77. The Morgan fingerprint density at radius 3 is 2.76 bits per heavy atom. The highest BCUT2D eigenvalue weighted by molar-refractivity contribution is 5.69. The molecule has 17 heavy (non-hydrogen) atoms. The van der Waals surface area contributed by atoms with Crippen molar-refractivity contribution in [1.82, 2.24) is 0 Å². The third-order valence-electron chi connectivity index (χ3n) is 4.25. The Bertz CT molecular complexity index is 273. The second kappa shape index (κ2) is 5.38. The van der Waals surface area contributed by atoms with Gasteiger partial charge < -0.3 is 9.84 Å². The van der Waals surface area contributed by atoms with Gasteiger partial charge in [0.25, 0.3) is 0 Å². The molecular weight excluding hydrogens is 216 g/mol. The fourth-order valence-corrected chi connectivity index (χ4v) is 3.15. The minimum absolute atomic E-state index is 0.172. The molecule has 2 aliphatic carbocycles. The van der Waals surface area contributed by atoms with Gasteiger partial charge in [0.1, 0.15) is 0 Å². The number of hydrogen-bond donors (Lipinski definition) is 1. The maximum atomic E-state index is 11.3. The number of esters is 1. The Kier molecular flexibility index (Phi) is 4.08. The molecule has 98 valence electrons. The van der Waals surface area contributed by atoms with E-state index in [1.165, 1.54) is 19.3 Å². The van der Waals surface area contributed by atoms with Crippen LogP contribution in [-0.2, 0) is 9.53 Å². The summed E-state index contributed by atoms with van der Waals surface area (Å²) in [5.41, 5.74) is -0.599. The molecule has 2 atom stereocenters. The molecule has 0 aromatic heterocycles. The summed E-state index contributed by atoms with van der Waals surface area (Å²) >= 11 is 0. The fraction of sp³-hybridized carbons (Fsp3) is 0.929. The second-order valence-electron chi connectivity index (χ2n) is 5.72. The highest BCUT2D eigenvalue weighted by Crippen LogP contribution is 2.47. The van der Waals surface area contributed by atoms with Crippen LogP contribution in [0.5, 0.6) is 0 Å². The molecule has 0 spiro atoms. The average Bonchev–Trinajstić information content (AvgIpc) is 3.11. The molecular formula is C14H24O3. The van der Waals surface area contributed by atoms with Crippen LogP contribution in [0.3, 0.4) is 0 Å². The molecule has 2 rings (SSSR count). The van der Waals surface area contributed by atoms with E-state index < -0.39 is 5.60 Å². The predicted molar refractivity (Wildman–Crippen MR) is 65.5 cm³/mol. The predicted octanol–water partition coefficient (Wildman–Crippen LogP) is 2.66. The summed E-state index contributed by atoms with van der Waals surface area (Å²) < 4.78 is 4.91. The number of aliphatic hydroxyl groups is 1. The van der Waals surface area contributed by atoms with E-state index in [1.807, 2.05) is 6.92 Å². The van der Waals surface area contributed by atoms with Crippen LogP contribution in [-0.4, -0.2) is 23.3 Å². The van der Waals surface area contributed by atoms with Gasteiger partial charge in [0.2, 0.25) is 0 Å². The van der Waals surface area contributed by atoms with E-state index >= 15 is 0 Å². The van der Waals surface area contributed by atoms with Crippen LogP contribution in [0.15, 0.2) is 0 Å². The largest absolute Gasteiger partial charge is 0.466 e. The average molecular weight is 240 g/mol. The Hall–Kier alpha value is -0.570. The first-order chi connectivity index (χ1) is 8.13. The number of hydrogen-bond acceptors (Lipinski definition) is 3. The Balaban J connectivity index is 1.78. The molecule has 0 aliphatic heterocycles. The van der Waals surface area contributed by atoms with Crippen molar-refractivity contribution in [3.05, 3.63) is 0 Å². The molecule has 3 nitrogen and oxygen atoms in total. The Morgan fingerprint density at radius 1 is 1.35 bits per heavy atom. The third-order valence-corrected chi connectivity index (χ3v) is 4.25. The third kappa shape index (κ3) is 3.70. The van der Waals surface area contributed by atoms with Crippen LogP contribution in [0.4, 0.5) is 0 Å². The second-order valence-corrected chi connectivity index (χ2v) is 5.72. The van der Waals surface area contributed by atoms with E-state index in [2.05, 4.69) is 0 Å². The first-order valence-corrected chi connectivity index (χ1v) is 7.01. The monoisotopic (exact) mass is 240 g/mol. The number of carbonyl (C=O) groups excluding carboxylic acids is 1. The van der Waals surface area contributed by atoms with Gasteiger partial charge in [-0.3, -0.25) is 4.79 Å². The highest BCUT2D eigenvalue weighted by Gasteiger charge is 2.40. The molecule has 1 N–H and O–H groups in total. The maximum Gasteiger partial charge on any atom is 0.305 e. The molecule has 2 saturated carbocycles. The maximum absolute atomic E-state index is 11.3. The van der Waals surface area contributed by atoms with Crippen LogP contribution in [0.1, 0.15) is 58.3 Å². The summed E-state index contributed by atoms with van der Waals surface area (Å²) in [4.78, 5) is 11.3. The van der Waals surface area contributed by atoms with Crippen molar-refractivity contribution in [2.75, 3.05) is 6.61 Å². The van der Waals surface area contributed by atoms with Gasteiger partial charge in [-0.1, -0.05) is 6.42 Å². The molecule has 0 saturated heterocycles. The number of carbonyl (C=O) groups is 1. The fourth-order valence-electron chi connectivity index (χ4n) is 3.15. The summed E-state index contributed by atoms with van der Waals surface area (Å²) in [7, 11) is 0. The van der Waals surface area contributed by atoms with Crippen LogP contribution in [0.25, 0.3) is 0 Å². The lowest BCUT2D eigenvalue weighted by Crippen LogP contribution is -2.36.